The molecule has 2 rings (SSSR count). The molecule has 0 spiro atoms. The van der Waals surface area contributed by atoms with Crippen molar-refractivity contribution in [1.29, 1.82) is 0 Å². The molecule has 22 heavy (non-hydrogen) atoms. The van der Waals surface area contributed by atoms with E-state index in [4.69, 9.17) is 0 Å². The van der Waals surface area contributed by atoms with Crippen LogP contribution in [0.2, 0.25) is 0 Å². The molecule has 0 atom stereocenters. The third kappa shape index (κ3) is 3.32. The molecule has 0 aromatic carbocycles. The maximum absolute atomic E-state index is 12.1. The van der Waals surface area contributed by atoms with Crippen molar-refractivity contribution in [3.8, 4) is 0 Å². The van der Waals surface area contributed by atoms with Crippen molar-refractivity contribution in [2.45, 2.75) is 33.5 Å². The number of carbonyl (C=O) groups excluding carboxylic acids is 1. The molecule has 0 aliphatic carbocycles. The van der Waals surface area contributed by atoms with E-state index in [-0.39, 0.29) is 17.9 Å². The summed E-state index contributed by atoms with van der Waals surface area (Å²) in [6.07, 6.45) is 3.05. The van der Waals surface area contributed by atoms with E-state index in [1.54, 1.807) is 17.8 Å². The number of hydrogen-bond donors (Lipinski definition) is 1. The van der Waals surface area contributed by atoms with Crippen LogP contribution in [0.25, 0.3) is 0 Å². The Labute approximate surface area is 134 Å². The molecule has 0 radical (unpaired) electrons. The molecule has 1 N–H and O–H groups in total. The van der Waals surface area contributed by atoms with Crippen molar-refractivity contribution in [2.24, 2.45) is 0 Å². The summed E-state index contributed by atoms with van der Waals surface area (Å²) in [6, 6.07) is 0. The van der Waals surface area contributed by atoms with Gasteiger partial charge >= 0.3 is 5.69 Å². The van der Waals surface area contributed by atoms with Gasteiger partial charge in [-0.05, 0) is 29.8 Å². The van der Waals surface area contributed by atoms with Crippen LogP contribution < -0.4 is 5.32 Å². The lowest BCUT2D eigenvalue weighted by Crippen LogP contribution is -2.24. The van der Waals surface area contributed by atoms with Gasteiger partial charge in [0.1, 0.15) is 6.20 Å². The molecule has 0 unspecified atom stereocenters. The first-order chi connectivity index (χ1) is 10.5. The smallest absolute Gasteiger partial charge is 0.320 e. The van der Waals surface area contributed by atoms with Gasteiger partial charge in [0.2, 0.25) is 5.69 Å². The van der Waals surface area contributed by atoms with E-state index in [0.29, 0.717) is 18.8 Å². The molecule has 9 nitrogen and oxygen atoms in total. The zero-order valence-electron chi connectivity index (χ0n) is 12.1. The number of nitrogens with one attached hydrogen (secondary N) is 1. The third-order valence-corrected chi connectivity index (χ3v) is 3.67. The fourth-order valence-electron chi connectivity index (χ4n) is 1.83. The molecule has 2 aromatic heterocycles. The first-order valence-electron chi connectivity index (χ1n) is 6.68. The lowest BCUT2D eigenvalue weighted by Gasteiger charge is -2.01. The van der Waals surface area contributed by atoms with Gasteiger partial charge in [0, 0.05) is 19.3 Å². The second kappa shape index (κ2) is 6.69. The predicted octanol–water partition coefficient (Wildman–Crippen LogP) is 1.72. The number of carbonyl (C=O) groups is 1. The highest BCUT2D eigenvalue weighted by atomic mass is 79.9. The highest BCUT2D eigenvalue weighted by molar-refractivity contribution is 9.10. The van der Waals surface area contributed by atoms with E-state index in [9.17, 15) is 14.9 Å². The zero-order valence-corrected chi connectivity index (χ0v) is 13.7. The Morgan fingerprint density at radius 3 is 2.50 bits per heavy atom. The van der Waals surface area contributed by atoms with E-state index in [2.05, 4.69) is 31.4 Å². The molecule has 1 amide bonds. The van der Waals surface area contributed by atoms with Crippen LogP contribution in [0.5, 0.6) is 0 Å². The number of aryl methyl sites for hydroxylation is 2. The van der Waals surface area contributed by atoms with Gasteiger partial charge in [0.05, 0.1) is 21.6 Å². The zero-order chi connectivity index (χ0) is 16.3. The Morgan fingerprint density at radius 1 is 1.32 bits per heavy atom. The van der Waals surface area contributed by atoms with Crippen molar-refractivity contribution in [3.05, 3.63) is 38.4 Å². The number of nitrogens with zero attached hydrogens (tertiary/aromatic N) is 5. The summed E-state index contributed by atoms with van der Waals surface area (Å²) in [7, 11) is 0. The van der Waals surface area contributed by atoms with Crippen LogP contribution >= 0.6 is 15.9 Å². The number of rotatable bonds is 6. The minimum absolute atomic E-state index is 0.155. The van der Waals surface area contributed by atoms with Crippen LogP contribution in [-0.2, 0) is 19.6 Å². The topological polar surface area (TPSA) is 108 Å². The van der Waals surface area contributed by atoms with E-state index in [1.165, 1.54) is 10.9 Å². The molecule has 2 heterocycles. The van der Waals surface area contributed by atoms with Gasteiger partial charge in [-0.15, -0.1) is 0 Å². The van der Waals surface area contributed by atoms with Gasteiger partial charge in [-0.25, -0.2) is 0 Å². The van der Waals surface area contributed by atoms with Crippen LogP contribution in [0.15, 0.2) is 16.9 Å². The van der Waals surface area contributed by atoms with Crippen LogP contribution in [-0.4, -0.2) is 30.4 Å². The Kier molecular flexibility index (Phi) is 4.91. The van der Waals surface area contributed by atoms with Crippen molar-refractivity contribution in [1.82, 2.24) is 24.9 Å². The molecule has 0 saturated heterocycles. The standard InChI is InChI=1S/C12H15BrN6O3/c1-3-17-6-8(13)9(15-17)5-14-12(20)11-10(19(21)22)7-18(4-2)16-11/h6-7H,3-5H2,1-2H3,(H,14,20). The fourth-order valence-corrected chi connectivity index (χ4v) is 2.29. The van der Waals surface area contributed by atoms with E-state index >= 15 is 0 Å². The second-order valence-corrected chi connectivity index (χ2v) is 5.29. The quantitative estimate of drug-likeness (QED) is 0.615. The SMILES string of the molecule is CCn1cc(Br)c(CNC(=O)c2nn(CC)cc2[N+](=O)[O-])n1. The first-order valence-corrected chi connectivity index (χ1v) is 7.47. The van der Waals surface area contributed by atoms with Crippen molar-refractivity contribution >= 4 is 27.5 Å². The predicted molar refractivity (Wildman–Crippen MR) is 81.3 cm³/mol. The van der Waals surface area contributed by atoms with Crippen molar-refractivity contribution in [2.75, 3.05) is 0 Å². The number of hydrogen-bond acceptors (Lipinski definition) is 5. The highest BCUT2D eigenvalue weighted by Crippen LogP contribution is 2.18. The lowest BCUT2D eigenvalue weighted by molar-refractivity contribution is -0.385. The van der Waals surface area contributed by atoms with Gasteiger partial charge < -0.3 is 5.32 Å². The van der Waals surface area contributed by atoms with E-state index < -0.39 is 10.8 Å². The first kappa shape index (κ1) is 16.1. The van der Waals surface area contributed by atoms with E-state index in [1.807, 2.05) is 6.92 Å². The lowest BCUT2D eigenvalue weighted by atomic mass is 10.3. The number of halogens is 1. The number of nitro groups is 1. The number of amides is 1. The largest absolute Gasteiger partial charge is 0.345 e. The van der Waals surface area contributed by atoms with Gasteiger partial charge in [-0.1, -0.05) is 0 Å². The molecule has 2 aromatic rings. The summed E-state index contributed by atoms with van der Waals surface area (Å²) in [5, 5.41) is 21.8. The fraction of sp³-hybridized carbons (Fsp3) is 0.417. The van der Waals surface area contributed by atoms with Gasteiger partial charge in [0.15, 0.2) is 0 Å². The molecular formula is C12H15BrN6O3. The van der Waals surface area contributed by atoms with Crippen LogP contribution in [0, 0.1) is 10.1 Å². The third-order valence-electron chi connectivity index (χ3n) is 3.01. The Bertz CT molecular complexity index is 708. The van der Waals surface area contributed by atoms with Crippen LogP contribution in [0.4, 0.5) is 5.69 Å². The monoisotopic (exact) mass is 370 g/mol. The maximum Gasteiger partial charge on any atom is 0.320 e. The maximum atomic E-state index is 12.1. The van der Waals surface area contributed by atoms with Crippen molar-refractivity contribution in [3.63, 3.8) is 0 Å². The van der Waals surface area contributed by atoms with Gasteiger partial charge in [-0.3, -0.25) is 24.3 Å². The number of aromatic nitrogens is 4. The molecule has 0 fully saturated rings. The highest BCUT2D eigenvalue weighted by Gasteiger charge is 2.25. The molecule has 0 bridgehead atoms. The second-order valence-electron chi connectivity index (χ2n) is 4.44. The van der Waals surface area contributed by atoms with Gasteiger partial charge in [0.25, 0.3) is 5.91 Å². The average molecular weight is 371 g/mol. The summed E-state index contributed by atoms with van der Waals surface area (Å²) < 4.78 is 3.84. The molecule has 0 aliphatic rings. The van der Waals surface area contributed by atoms with Gasteiger partial charge in [-0.2, -0.15) is 10.2 Å². The van der Waals surface area contributed by atoms with E-state index in [0.717, 1.165) is 4.47 Å². The summed E-state index contributed by atoms with van der Waals surface area (Å²) >= 11 is 3.35. The Hall–Kier alpha value is -2.23. The average Bonchev–Trinajstić information content (AvgIpc) is 3.08. The Balaban J connectivity index is 2.13. The Morgan fingerprint density at radius 2 is 1.95 bits per heavy atom. The molecular weight excluding hydrogens is 356 g/mol. The molecule has 118 valence electrons. The summed E-state index contributed by atoms with van der Waals surface area (Å²) in [4.78, 5) is 22.5. The minimum Gasteiger partial charge on any atom is -0.345 e. The summed E-state index contributed by atoms with van der Waals surface area (Å²) in [5.41, 5.74) is 0.142. The normalized spacial score (nSPS) is 10.7. The van der Waals surface area contributed by atoms with Crippen LogP contribution in [0.3, 0.4) is 0 Å². The summed E-state index contributed by atoms with van der Waals surface area (Å²) in [5.74, 6) is -0.600. The minimum atomic E-state index is -0.615. The molecule has 0 aliphatic heterocycles. The van der Waals surface area contributed by atoms with Crippen LogP contribution in [0.1, 0.15) is 30.0 Å². The molecule has 10 heteroatoms. The summed E-state index contributed by atoms with van der Waals surface area (Å²) in [6.45, 7) is 5.04. The molecule has 0 saturated carbocycles. The van der Waals surface area contributed by atoms with Crippen molar-refractivity contribution < 1.29 is 9.72 Å².